The van der Waals surface area contributed by atoms with Crippen LogP contribution in [-0.2, 0) is 25.6 Å². The van der Waals surface area contributed by atoms with Gasteiger partial charge in [0.25, 0.3) is 0 Å². The van der Waals surface area contributed by atoms with Crippen molar-refractivity contribution in [1.82, 2.24) is 10.6 Å². The Labute approximate surface area is 260 Å². The number of thioether (sulfide) groups is 1. The number of unbranched alkanes of at least 4 members (excludes halogenated alkanes) is 2. The van der Waals surface area contributed by atoms with Crippen molar-refractivity contribution in [2.75, 3.05) is 12.4 Å². The fourth-order valence-corrected chi connectivity index (χ4v) is 3.52. The third-order valence-corrected chi connectivity index (χ3v) is 5.93. The standard InChI is InChI=1S/C19H27FN4O4.C10H13NS.C3H8/c1-22-18(27)6-4-2-3-5-13-9-14(20)11-15(10-13)24-19(28)16(23-12-25)7-8-17(21)26;1-8(2)5-6-9(3)10(4)12-7-11;1-3-2/h9-12,16H,2-8H2,1H3,(H2,21,26)(H,22,27)(H,23,25)(H,24,28);5-7,11H,1,3-4H2,2H3;3H2,1-2H3/b;6-5-,11-7?;. The highest BCUT2D eigenvalue weighted by Crippen LogP contribution is 2.19. The molecular weight excluding hydrogens is 569 g/mol. The summed E-state index contributed by atoms with van der Waals surface area (Å²) in [5.41, 5.74) is 9.08. The highest BCUT2D eigenvalue weighted by molar-refractivity contribution is 8.15. The van der Waals surface area contributed by atoms with E-state index in [-0.39, 0.29) is 24.4 Å². The largest absolute Gasteiger partial charge is 0.370 e. The number of amides is 4. The number of nitrogens with one attached hydrogen (secondary N) is 4. The van der Waals surface area contributed by atoms with Crippen LogP contribution in [0.2, 0.25) is 0 Å². The van der Waals surface area contributed by atoms with Crippen LogP contribution in [0.5, 0.6) is 0 Å². The van der Waals surface area contributed by atoms with Crippen LogP contribution in [0, 0.1) is 11.2 Å². The summed E-state index contributed by atoms with van der Waals surface area (Å²) in [6.07, 6.45) is 8.73. The Balaban J connectivity index is 0. The van der Waals surface area contributed by atoms with Crippen molar-refractivity contribution in [3.8, 4) is 0 Å². The summed E-state index contributed by atoms with van der Waals surface area (Å²) in [6, 6.07) is 3.29. The lowest BCUT2D eigenvalue weighted by atomic mass is 10.0. The van der Waals surface area contributed by atoms with E-state index in [0.717, 1.165) is 35.3 Å². The number of nitrogens with two attached hydrogens (primary N) is 1. The molecule has 43 heavy (non-hydrogen) atoms. The average Bonchev–Trinajstić information content (AvgIpc) is 2.94. The van der Waals surface area contributed by atoms with Crippen LogP contribution in [0.1, 0.15) is 71.3 Å². The zero-order valence-corrected chi connectivity index (χ0v) is 26.7. The van der Waals surface area contributed by atoms with E-state index in [1.54, 1.807) is 13.1 Å². The Morgan fingerprint density at radius 1 is 1.07 bits per heavy atom. The molecule has 1 rings (SSSR count). The molecule has 1 atom stereocenters. The molecule has 0 aromatic heterocycles. The first-order chi connectivity index (χ1) is 20.3. The fraction of sp³-hybridized carbons (Fsp3) is 0.406. The van der Waals surface area contributed by atoms with E-state index in [4.69, 9.17) is 11.1 Å². The second kappa shape index (κ2) is 25.7. The normalized spacial score (nSPS) is 10.5. The monoisotopic (exact) mass is 617 g/mol. The van der Waals surface area contributed by atoms with Gasteiger partial charge >= 0.3 is 0 Å². The van der Waals surface area contributed by atoms with Crippen LogP contribution in [-0.4, -0.2) is 42.8 Å². The molecule has 1 aromatic rings. The maximum atomic E-state index is 13.9. The number of carbonyl (C=O) groups excluding carboxylic acids is 4. The van der Waals surface area contributed by atoms with Crippen LogP contribution in [0.3, 0.4) is 0 Å². The van der Waals surface area contributed by atoms with Crippen LogP contribution in [0.4, 0.5) is 10.1 Å². The van der Waals surface area contributed by atoms with Gasteiger partial charge in [-0.2, -0.15) is 0 Å². The third-order valence-electron chi connectivity index (χ3n) is 5.27. The van der Waals surface area contributed by atoms with Crippen LogP contribution in [0.25, 0.3) is 0 Å². The Morgan fingerprint density at radius 2 is 1.72 bits per heavy atom. The van der Waals surface area contributed by atoms with E-state index in [1.165, 1.54) is 35.9 Å². The number of allylic oxidation sites excluding steroid dienone is 4. The molecule has 0 radical (unpaired) electrons. The zero-order chi connectivity index (χ0) is 33.2. The molecule has 1 aromatic carbocycles. The van der Waals surface area contributed by atoms with Crippen LogP contribution < -0.4 is 21.7 Å². The number of hydrogen-bond donors (Lipinski definition) is 5. The molecule has 0 spiro atoms. The number of anilines is 1. The molecule has 0 aliphatic heterocycles. The number of aryl methyl sites for hydroxylation is 1. The third kappa shape index (κ3) is 23.3. The molecule has 0 aliphatic rings. The zero-order valence-electron chi connectivity index (χ0n) is 25.9. The number of benzene rings is 1. The fourth-order valence-electron chi connectivity index (χ4n) is 3.15. The first-order valence-electron chi connectivity index (χ1n) is 14.0. The van der Waals surface area contributed by atoms with Crippen molar-refractivity contribution < 1.29 is 23.6 Å². The molecule has 0 aliphatic carbocycles. The number of rotatable bonds is 18. The number of primary amides is 1. The second-order valence-electron chi connectivity index (χ2n) is 9.48. The Hall–Kier alpha value is -3.99. The van der Waals surface area contributed by atoms with Crippen LogP contribution >= 0.6 is 11.8 Å². The van der Waals surface area contributed by atoms with Crippen molar-refractivity contribution >= 4 is 47.1 Å². The Kier molecular flexibility index (Phi) is 24.6. The predicted molar refractivity (Wildman–Crippen MR) is 177 cm³/mol. The van der Waals surface area contributed by atoms with Crippen LogP contribution in [0.15, 0.2) is 66.1 Å². The summed E-state index contributed by atoms with van der Waals surface area (Å²) in [7, 11) is 1.59. The van der Waals surface area contributed by atoms with E-state index < -0.39 is 23.7 Å². The summed E-state index contributed by atoms with van der Waals surface area (Å²) in [5, 5.41) is 14.3. The van der Waals surface area contributed by atoms with E-state index in [9.17, 15) is 23.6 Å². The van der Waals surface area contributed by atoms with E-state index in [2.05, 4.69) is 49.5 Å². The molecule has 238 valence electrons. The summed E-state index contributed by atoms with van der Waals surface area (Å²) < 4.78 is 13.9. The number of halogens is 1. The molecule has 6 N–H and O–H groups in total. The van der Waals surface area contributed by atoms with E-state index >= 15 is 0 Å². The minimum Gasteiger partial charge on any atom is -0.370 e. The van der Waals surface area contributed by atoms with E-state index in [1.807, 2.05) is 19.1 Å². The topological polar surface area (TPSA) is 154 Å². The SMILES string of the molecule is C=C(C)/C=C\C(=C)C(=C)SC=N.CCC.CNC(=O)CCCCCc1cc(F)cc(NC(=O)C(CCC(N)=O)NC=O)c1. The van der Waals surface area contributed by atoms with Gasteiger partial charge in [-0.3, -0.25) is 19.2 Å². The molecule has 0 saturated carbocycles. The minimum absolute atomic E-state index is 0.00872. The molecule has 0 saturated heterocycles. The average molecular weight is 618 g/mol. The molecule has 0 heterocycles. The quantitative estimate of drug-likeness (QED) is 0.0454. The van der Waals surface area contributed by atoms with Gasteiger partial charge in [0.15, 0.2) is 0 Å². The minimum atomic E-state index is -0.943. The molecule has 0 bridgehead atoms. The van der Waals surface area contributed by atoms with Gasteiger partial charge in [-0.1, -0.05) is 75.9 Å². The highest BCUT2D eigenvalue weighted by Gasteiger charge is 2.19. The molecule has 11 heteroatoms. The smallest absolute Gasteiger partial charge is 0.246 e. The Bertz CT molecular complexity index is 1120. The maximum Gasteiger partial charge on any atom is 0.246 e. The van der Waals surface area contributed by atoms with Gasteiger partial charge in [-0.15, -0.1) is 0 Å². The van der Waals surface area contributed by atoms with Crippen molar-refractivity contribution in [3.05, 3.63) is 77.5 Å². The molecule has 4 amide bonds. The van der Waals surface area contributed by atoms with Gasteiger partial charge < -0.3 is 27.1 Å². The lowest BCUT2D eigenvalue weighted by Gasteiger charge is -2.16. The molecule has 1 unspecified atom stereocenters. The maximum absolute atomic E-state index is 13.9. The summed E-state index contributed by atoms with van der Waals surface area (Å²) in [5.74, 6) is -1.65. The summed E-state index contributed by atoms with van der Waals surface area (Å²) >= 11 is 1.26. The van der Waals surface area contributed by atoms with Gasteiger partial charge in [0.1, 0.15) is 11.9 Å². The molecular formula is C32H48FN5O4S. The number of hydrogen-bond acceptors (Lipinski definition) is 6. The van der Waals surface area contributed by atoms with Crippen molar-refractivity contribution in [2.24, 2.45) is 5.73 Å². The summed E-state index contributed by atoms with van der Waals surface area (Å²) in [4.78, 5) is 45.8. The van der Waals surface area contributed by atoms with Gasteiger partial charge in [-0.05, 0) is 61.9 Å². The highest BCUT2D eigenvalue weighted by atomic mass is 32.2. The second-order valence-corrected chi connectivity index (χ2v) is 10.4. The first kappa shape index (κ1) is 41.1. The van der Waals surface area contributed by atoms with Crippen molar-refractivity contribution in [1.29, 1.82) is 5.41 Å². The van der Waals surface area contributed by atoms with Gasteiger partial charge in [-0.25, -0.2) is 4.39 Å². The molecule has 0 fully saturated rings. The number of carbonyl (C=O) groups is 4. The van der Waals surface area contributed by atoms with Gasteiger partial charge in [0, 0.05) is 30.5 Å². The molecule has 9 nitrogen and oxygen atoms in total. The Morgan fingerprint density at radius 3 is 2.26 bits per heavy atom. The van der Waals surface area contributed by atoms with Crippen molar-refractivity contribution in [2.45, 2.75) is 78.2 Å². The van der Waals surface area contributed by atoms with Gasteiger partial charge in [0.2, 0.25) is 24.1 Å². The predicted octanol–water partition coefficient (Wildman–Crippen LogP) is 5.94. The summed E-state index contributed by atoms with van der Waals surface area (Å²) in [6.45, 7) is 17.4. The first-order valence-corrected chi connectivity index (χ1v) is 14.9. The lowest BCUT2D eigenvalue weighted by molar-refractivity contribution is -0.122. The van der Waals surface area contributed by atoms with Crippen molar-refractivity contribution in [3.63, 3.8) is 0 Å². The van der Waals surface area contributed by atoms with E-state index in [0.29, 0.717) is 24.8 Å². The van der Waals surface area contributed by atoms with Gasteiger partial charge in [0.05, 0.1) is 5.55 Å². The lowest BCUT2D eigenvalue weighted by Crippen LogP contribution is -2.40.